The summed E-state index contributed by atoms with van der Waals surface area (Å²) >= 11 is 1.87. The topological polar surface area (TPSA) is 16.4 Å². The molecule has 0 atom stereocenters. The highest BCUT2D eigenvalue weighted by atomic mass is 32.1. The highest BCUT2D eigenvalue weighted by Crippen LogP contribution is 2.49. The van der Waals surface area contributed by atoms with Crippen LogP contribution < -0.4 is 4.90 Å². The fourth-order valence-corrected chi connectivity index (χ4v) is 8.71. The number of fused-ring (bicyclic) bond motifs is 10. The van der Waals surface area contributed by atoms with E-state index >= 15 is 0 Å². The Balaban J connectivity index is 1.26. The standard InChI is InChI=1S/C44H27NOS/c1-2-15-31(16-3-1)45(32-17-8-14-30(27-32)34-20-9-13-28-11-4-6-18-33(28)34)38-21-10-22-39-41(38)42-40(46-39)26-25-37-36-24-23-29-12-5-7-19-35(29)43(36)47-44(37)42/h1-27H. The summed E-state index contributed by atoms with van der Waals surface area (Å²) in [5.74, 6) is 0. The largest absolute Gasteiger partial charge is 0.456 e. The average molecular weight is 618 g/mol. The predicted molar refractivity (Wildman–Crippen MR) is 202 cm³/mol. The first-order valence-corrected chi connectivity index (χ1v) is 16.7. The first kappa shape index (κ1) is 26.3. The number of hydrogen-bond donors (Lipinski definition) is 0. The van der Waals surface area contributed by atoms with Gasteiger partial charge in [-0.3, -0.25) is 0 Å². The summed E-state index contributed by atoms with van der Waals surface area (Å²) in [5.41, 5.74) is 7.49. The SMILES string of the molecule is c1ccc(N(c2cccc(-c3cccc4ccccc34)c2)c2cccc3oc4ccc5c6ccc7ccccc7c6sc5c4c23)cc1. The van der Waals surface area contributed by atoms with Crippen LogP contribution in [0.4, 0.5) is 17.1 Å². The molecule has 3 heteroatoms. The van der Waals surface area contributed by atoms with Gasteiger partial charge in [0.2, 0.25) is 0 Å². The third kappa shape index (κ3) is 4.04. The maximum atomic E-state index is 6.63. The van der Waals surface area contributed by atoms with Crippen LogP contribution in [0.5, 0.6) is 0 Å². The molecule has 2 nitrogen and oxygen atoms in total. The molecule has 2 aromatic heterocycles. The molecule has 220 valence electrons. The summed E-state index contributed by atoms with van der Waals surface area (Å²) in [6, 6.07) is 58.8. The van der Waals surface area contributed by atoms with Gasteiger partial charge in [-0.2, -0.15) is 0 Å². The van der Waals surface area contributed by atoms with Crippen LogP contribution in [0.2, 0.25) is 0 Å². The summed E-state index contributed by atoms with van der Waals surface area (Å²) in [6.45, 7) is 0. The van der Waals surface area contributed by atoms with Gasteiger partial charge in [0.15, 0.2) is 0 Å². The van der Waals surface area contributed by atoms with Crippen LogP contribution >= 0.6 is 11.3 Å². The quantitative estimate of drug-likeness (QED) is 0.195. The lowest BCUT2D eigenvalue weighted by Crippen LogP contribution is -2.10. The molecule has 10 aromatic rings. The van der Waals surface area contributed by atoms with Gasteiger partial charge in [0, 0.05) is 36.9 Å². The molecule has 0 spiro atoms. The van der Waals surface area contributed by atoms with Crippen LogP contribution in [-0.2, 0) is 0 Å². The van der Waals surface area contributed by atoms with Gasteiger partial charge in [0.25, 0.3) is 0 Å². The van der Waals surface area contributed by atoms with Crippen molar-refractivity contribution in [3.63, 3.8) is 0 Å². The van der Waals surface area contributed by atoms with E-state index < -0.39 is 0 Å². The molecule has 0 aliphatic carbocycles. The summed E-state index contributed by atoms with van der Waals surface area (Å²) in [5, 5.41) is 9.91. The lowest BCUT2D eigenvalue weighted by atomic mass is 9.97. The maximum absolute atomic E-state index is 6.63. The molecule has 10 rings (SSSR count). The van der Waals surface area contributed by atoms with Crippen LogP contribution in [0.25, 0.3) is 74.8 Å². The minimum Gasteiger partial charge on any atom is -0.456 e. The van der Waals surface area contributed by atoms with Gasteiger partial charge in [-0.25, -0.2) is 0 Å². The Morgan fingerprint density at radius 1 is 0.426 bits per heavy atom. The van der Waals surface area contributed by atoms with E-state index in [4.69, 9.17) is 4.42 Å². The van der Waals surface area contributed by atoms with Crippen molar-refractivity contribution in [2.75, 3.05) is 4.90 Å². The third-order valence-electron chi connectivity index (χ3n) is 9.43. The van der Waals surface area contributed by atoms with Crippen molar-refractivity contribution >= 4 is 92.1 Å². The number of anilines is 3. The first-order chi connectivity index (χ1) is 23.3. The van der Waals surface area contributed by atoms with Crippen molar-refractivity contribution in [3.8, 4) is 11.1 Å². The fraction of sp³-hybridized carbons (Fsp3) is 0. The molecular formula is C44H27NOS. The first-order valence-electron chi connectivity index (χ1n) is 15.9. The Bertz CT molecular complexity index is 2800. The van der Waals surface area contributed by atoms with E-state index in [2.05, 4.69) is 169 Å². The number of benzene rings is 8. The van der Waals surface area contributed by atoms with Crippen LogP contribution in [-0.4, -0.2) is 0 Å². The fourth-order valence-electron chi connectivity index (χ4n) is 7.33. The molecule has 0 aliphatic heterocycles. The number of rotatable bonds is 4. The molecule has 0 fully saturated rings. The molecule has 0 N–H and O–H groups in total. The number of furan rings is 1. The molecule has 47 heavy (non-hydrogen) atoms. The van der Waals surface area contributed by atoms with Crippen LogP contribution in [0.1, 0.15) is 0 Å². The third-order valence-corrected chi connectivity index (χ3v) is 10.7. The zero-order valence-electron chi connectivity index (χ0n) is 25.4. The van der Waals surface area contributed by atoms with Crippen molar-refractivity contribution in [2.24, 2.45) is 0 Å². The second kappa shape index (κ2) is 10.3. The second-order valence-electron chi connectivity index (χ2n) is 12.1. The summed E-state index contributed by atoms with van der Waals surface area (Å²) in [6.07, 6.45) is 0. The summed E-state index contributed by atoms with van der Waals surface area (Å²) < 4.78 is 9.21. The molecular weight excluding hydrogens is 591 g/mol. The molecule has 0 aliphatic rings. The van der Waals surface area contributed by atoms with Gasteiger partial charge in [0.05, 0.1) is 11.1 Å². The molecule has 2 heterocycles. The number of thiophene rings is 1. The lowest BCUT2D eigenvalue weighted by Gasteiger charge is -2.26. The molecule has 0 radical (unpaired) electrons. The van der Waals surface area contributed by atoms with Gasteiger partial charge in [-0.1, -0.05) is 115 Å². The maximum Gasteiger partial charge on any atom is 0.137 e. The number of hydrogen-bond acceptors (Lipinski definition) is 3. The predicted octanol–water partition coefficient (Wildman–Crippen LogP) is 13.4. The van der Waals surface area contributed by atoms with Crippen LogP contribution in [0.15, 0.2) is 168 Å². The zero-order valence-corrected chi connectivity index (χ0v) is 26.2. The second-order valence-corrected chi connectivity index (χ2v) is 13.1. The number of para-hydroxylation sites is 1. The highest BCUT2D eigenvalue weighted by Gasteiger charge is 2.22. The Morgan fingerprint density at radius 3 is 1.98 bits per heavy atom. The van der Waals surface area contributed by atoms with Crippen molar-refractivity contribution in [1.82, 2.24) is 0 Å². The van der Waals surface area contributed by atoms with Gasteiger partial charge in [-0.05, 0) is 81.2 Å². The number of nitrogens with zero attached hydrogens (tertiary/aromatic N) is 1. The van der Waals surface area contributed by atoms with Crippen LogP contribution in [0.3, 0.4) is 0 Å². The molecule has 0 bridgehead atoms. The monoisotopic (exact) mass is 617 g/mol. The Hall–Kier alpha value is -5.90. The van der Waals surface area contributed by atoms with Gasteiger partial charge in [0.1, 0.15) is 11.2 Å². The summed E-state index contributed by atoms with van der Waals surface area (Å²) in [7, 11) is 0. The normalized spacial score (nSPS) is 11.8. The molecule has 0 unspecified atom stereocenters. The lowest BCUT2D eigenvalue weighted by molar-refractivity contribution is 0.669. The Labute approximate surface area is 275 Å². The minimum atomic E-state index is 0.887. The van der Waals surface area contributed by atoms with Gasteiger partial charge in [-0.15, -0.1) is 11.3 Å². The van der Waals surface area contributed by atoms with Crippen molar-refractivity contribution in [3.05, 3.63) is 164 Å². The Kier molecular flexibility index (Phi) is 5.78. The van der Waals surface area contributed by atoms with E-state index in [1.54, 1.807) is 0 Å². The van der Waals surface area contributed by atoms with E-state index in [9.17, 15) is 0 Å². The molecule has 8 aromatic carbocycles. The van der Waals surface area contributed by atoms with E-state index in [0.29, 0.717) is 0 Å². The zero-order chi connectivity index (χ0) is 30.9. The smallest absolute Gasteiger partial charge is 0.137 e. The summed E-state index contributed by atoms with van der Waals surface area (Å²) in [4.78, 5) is 2.38. The van der Waals surface area contributed by atoms with E-state index in [1.807, 2.05) is 11.3 Å². The minimum absolute atomic E-state index is 0.887. The molecule has 0 saturated carbocycles. The highest BCUT2D eigenvalue weighted by molar-refractivity contribution is 7.27. The van der Waals surface area contributed by atoms with Crippen LogP contribution in [0, 0.1) is 0 Å². The van der Waals surface area contributed by atoms with Gasteiger partial charge < -0.3 is 9.32 Å². The van der Waals surface area contributed by atoms with Crippen molar-refractivity contribution in [2.45, 2.75) is 0 Å². The van der Waals surface area contributed by atoms with E-state index in [1.165, 1.54) is 58.2 Å². The van der Waals surface area contributed by atoms with E-state index in [0.717, 1.165) is 33.6 Å². The van der Waals surface area contributed by atoms with Crippen molar-refractivity contribution in [1.29, 1.82) is 0 Å². The van der Waals surface area contributed by atoms with Gasteiger partial charge >= 0.3 is 0 Å². The molecule has 0 saturated heterocycles. The molecule has 0 amide bonds. The van der Waals surface area contributed by atoms with Crippen molar-refractivity contribution < 1.29 is 4.42 Å². The van der Waals surface area contributed by atoms with E-state index in [-0.39, 0.29) is 0 Å². The Morgan fingerprint density at radius 2 is 1.09 bits per heavy atom. The average Bonchev–Trinajstić information content (AvgIpc) is 3.71.